The SMILES string of the molecule is O=[N+]([O-])c1ccc(F)cc1NC1CCCCNC1. The zero-order valence-electron chi connectivity index (χ0n) is 9.99. The molecule has 1 aromatic carbocycles. The molecule has 1 aliphatic heterocycles. The molecule has 0 radical (unpaired) electrons. The van der Waals surface area contributed by atoms with Crippen LogP contribution in [0.5, 0.6) is 0 Å². The van der Waals surface area contributed by atoms with Crippen molar-refractivity contribution in [3.63, 3.8) is 0 Å². The van der Waals surface area contributed by atoms with Gasteiger partial charge in [0, 0.05) is 24.7 Å². The van der Waals surface area contributed by atoms with Crippen LogP contribution in [-0.4, -0.2) is 24.1 Å². The molecule has 0 saturated carbocycles. The number of benzene rings is 1. The van der Waals surface area contributed by atoms with E-state index in [2.05, 4.69) is 10.6 Å². The molecule has 0 bridgehead atoms. The third-order valence-corrected chi connectivity index (χ3v) is 3.06. The Bertz CT molecular complexity index is 431. The molecule has 0 amide bonds. The van der Waals surface area contributed by atoms with E-state index < -0.39 is 10.7 Å². The maximum atomic E-state index is 13.2. The molecule has 18 heavy (non-hydrogen) atoms. The molecular weight excluding hydrogens is 237 g/mol. The maximum Gasteiger partial charge on any atom is 0.292 e. The van der Waals surface area contributed by atoms with Crippen molar-refractivity contribution in [3.05, 3.63) is 34.1 Å². The summed E-state index contributed by atoms with van der Waals surface area (Å²) in [4.78, 5) is 10.4. The van der Waals surface area contributed by atoms with Crippen molar-refractivity contribution in [3.8, 4) is 0 Å². The minimum absolute atomic E-state index is 0.0827. The summed E-state index contributed by atoms with van der Waals surface area (Å²) in [6.45, 7) is 1.71. The predicted molar refractivity (Wildman–Crippen MR) is 67.2 cm³/mol. The average Bonchev–Trinajstić information content (AvgIpc) is 2.57. The van der Waals surface area contributed by atoms with E-state index >= 15 is 0 Å². The first-order valence-electron chi connectivity index (χ1n) is 6.08. The minimum atomic E-state index is -0.494. The molecule has 1 aliphatic rings. The van der Waals surface area contributed by atoms with Gasteiger partial charge in [0.2, 0.25) is 0 Å². The average molecular weight is 253 g/mol. The van der Waals surface area contributed by atoms with Crippen molar-refractivity contribution < 1.29 is 9.31 Å². The van der Waals surface area contributed by atoms with Gasteiger partial charge < -0.3 is 10.6 Å². The van der Waals surface area contributed by atoms with Gasteiger partial charge in [0.05, 0.1) is 4.92 Å². The second-order valence-corrected chi connectivity index (χ2v) is 4.46. The molecule has 0 spiro atoms. The van der Waals surface area contributed by atoms with Gasteiger partial charge >= 0.3 is 0 Å². The lowest BCUT2D eigenvalue weighted by Gasteiger charge is -2.17. The molecule has 1 aromatic rings. The minimum Gasteiger partial charge on any atom is -0.375 e. The fourth-order valence-corrected chi connectivity index (χ4v) is 2.15. The monoisotopic (exact) mass is 253 g/mol. The fraction of sp³-hybridized carbons (Fsp3) is 0.500. The van der Waals surface area contributed by atoms with E-state index in [1.807, 2.05) is 0 Å². The molecule has 1 atom stereocenters. The van der Waals surface area contributed by atoms with Crippen molar-refractivity contribution in [2.75, 3.05) is 18.4 Å². The Morgan fingerprint density at radius 3 is 3.06 bits per heavy atom. The van der Waals surface area contributed by atoms with Gasteiger partial charge in [-0.2, -0.15) is 0 Å². The van der Waals surface area contributed by atoms with Gasteiger partial charge in [-0.1, -0.05) is 6.42 Å². The number of nitrogens with one attached hydrogen (secondary N) is 2. The summed E-state index contributed by atoms with van der Waals surface area (Å²) in [5, 5.41) is 17.2. The van der Waals surface area contributed by atoms with E-state index in [4.69, 9.17) is 0 Å². The molecule has 1 saturated heterocycles. The molecule has 98 valence electrons. The van der Waals surface area contributed by atoms with Gasteiger partial charge in [0.1, 0.15) is 11.5 Å². The predicted octanol–water partition coefficient (Wildman–Crippen LogP) is 2.29. The second kappa shape index (κ2) is 5.77. The number of rotatable bonds is 3. The van der Waals surface area contributed by atoms with Gasteiger partial charge in [0.25, 0.3) is 5.69 Å². The maximum absolute atomic E-state index is 13.2. The first-order valence-corrected chi connectivity index (χ1v) is 6.08. The second-order valence-electron chi connectivity index (χ2n) is 4.46. The highest BCUT2D eigenvalue weighted by molar-refractivity contribution is 5.61. The Labute approximate surface area is 105 Å². The molecule has 1 heterocycles. The van der Waals surface area contributed by atoms with E-state index in [0.29, 0.717) is 0 Å². The Kier molecular flexibility index (Phi) is 4.09. The fourth-order valence-electron chi connectivity index (χ4n) is 2.15. The summed E-state index contributed by atoms with van der Waals surface area (Å²) < 4.78 is 13.2. The normalized spacial score (nSPS) is 20.2. The van der Waals surface area contributed by atoms with Crippen molar-refractivity contribution >= 4 is 11.4 Å². The summed E-state index contributed by atoms with van der Waals surface area (Å²) in [5.74, 6) is -0.468. The Morgan fingerprint density at radius 2 is 2.28 bits per heavy atom. The number of hydrogen-bond donors (Lipinski definition) is 2. The van der Waals surface area contributed by atoms with Crippen LogP contribution in [0.15, 0.2) is 18.2 Å². The van der Waals surface area contributed by atoms with Crippen molar-refractivity contribution in [2.24, 2.45) is 0 Å². The van der Waals surface area contributed by atoms with Crippen LogP contribution in [0.2, 0.25) is 0 Å². The van der Waals surface area contributed by atoms with Gasteiger partial charge in [-0.3, -0.25) is 10.1 Å². The van der Waals surface area contributed by atoms with Crippen LogP contribution in [0.25, 0.3) is 0 Å². The van der Waals surface area contributed by atoms with E-state index in [9.17, 15) is 14.5 Å². The van der Waals surface area contributed by atoms with Crippen LogP contribution in [-0.2, 0) is 0 Å². The summed E-state index contributed by atoms with van der Waals surface area (Å²) in [5.41, 5.74) is 0.175. The van der Waals surface area contributed by atoms with E-state index in [1.165, 1.54) is 12.1 Å². The van der Waals surface area contributed by atoms with Crippen LogP contribution < -0.4 is 10.6 Å². The van der Waals surface area contributed by atoms with Crippen LogP contribution in [0.1, 0.15) is 19.3 Å². The number of halogens is 1. The van der Waals surface area contributed by atoms with Gasteiger partial charge in [0.15, 0.2) is 0 Å². The van der Waals surface area contributed by atoms with Crippen LogP contribution >= 0.6 is 0 Å². The first kappa shape index (κ1) is 12.8. The van der Waals surface area contributed by atoms with E-state index in [0.717, 1.165) is 38.4 Å². The molecular formula is C12H16FN3O2. The lowest BCUT2D eigenvalue weighted by molar-refractivity contribution is -0.384. The zero-order chi connectivity index (χ0) is 13.0. The lowest BCUT2D eigenvalue weighted by Crippen LogP contribution is -2.31. The van der Waals surface area contributed by atoms with Crippen LogP contribution in [0, 0.1) is 15.9 Å². The number of anilines is 1. The Hall–Kier alpha value is -1.69. The summed E-state index contributed by atoms with van der Waals surface area (Å²) in [6.07, 6.45) is 3.10. The number of nitro benzene ring substituents is 1. The number of hydrogen-bond acceptors (Lipinski definition) is 4. The van der Waals surface area contributed by atoms with Gasteiger partial charge in [-0.05, 0) is 25.5 Å². The quantitative estimate of drug-likeness (QED) is 0.640. The topological polar surface area (TPSA) is 67.2 Å². The standard InChI is InChI=1S/C12H16FN3O2/c13-9-4-5-12(16(17)18)11(7-9)15-10-3-1-2-6-14-8-10/h4-5,7,10,14-15H,1-3,6,8H2. The third kappa shape index (κ3) is 3.16. The summed E-state index contributed by atoms with van der Waals surface area (Å²) in [7, 11) is 0. The molecule has 2 rings (SSSR count). The summed E-state index contributed by atoms with van der Waals surface area (Å²) in [6, 6.07) is 3.59. The largest absolute Gasteiger partial charge is 0.375 e. The van der Waals surface area contributed by atoms with Crippen molar-refractivity contribution in [2.45, 2.75) is 25.3 Å². The molecule has 2 N–H and O–H groups in total. The highest BCUT2D eigenvalue weighted by Crippen LogP contribution is 2.26. The molecule has 0 aromatic heterocycles. The highest BCUT2D eigenvalue weighted by Gasteiger charge is 2.18. The number of nitrogens with zero attached hydrogens (tertiary/aromatic N) is 1. The Balaban J connectivity index is 2.15. The lowest BCUT2D eigenvalue weighted by atomic mass is 10.1. The van der Waals surface area contributed by atoms with E-state index in [-0.39, 0.29) is 17.4 Å². The molecule has 1 fully saturated rings. The van der Waals surface area contributed by atoms with Gasteiger partial charge in [-0.25, -0.2) is 4.39 Å². The molecule has 1 unspecified atom stereocenters. The zero-order valence-corrected chi connectivity index (χ0v) is 9.99. The molecule has 5 nitrogen and oxygen atoms in total. The smallest absolute Gasteiger partial charge is 0.292 e. The first-order chi connectivity index (χ1) is 8.66. The van der Waals surface area contributed by atoms with Crippen LogP contribution in [0.4, 0.5) is 15.8 Å². The molecule has 6 heteroatoms. The van der Waals surface area contributed by atoms with Crippen molar-refractivity contribution in [1.29, 1.82) is 0 Å². The van der Waals surface area contributed by atoms with Gasteiger partial charge in [-0.15, -0.1) is 0 Å². The molecule has 0 aliphatic carbocycles. The van der Waals surface area contributed by atoms with Crippen molar-refractivity contribution in [1.82, 2.24) is 5.32 Å². The highest BCUT2D eigenvalue weighted by atomic mass is 19.1. The van der Waals surface area contributed by atoms with Crippen LogP contribution in [0.3, 0.4) is 0 Å². The number of nitro groups is 1. The van der Waals surface area contributed by atoms with E-state index in [1.54, 1.807) is 0 Å². The Morgan fingerprint density at radius 1 is 1.44 bits per heavy atom. The third-order valence-electron chi connectivity index (χ3n) is 3.06. The summed E-state index contributed by atoms with van der Waals surface area (Å²) >= 11 is 0.